The molecule has 0 saturated carbocycles. The summed E-state index contributed by atoms with van der Waals surface area (Å²) in [7, 11) is 1.49. The molecule has 2 aromatic rings. The van der Waals surface area contributed by atoms with Crippen LogP contribution in [0.1, 0.15) is 43.7 Å². The second-order valence-electron chi connectivity index (χ2n) is 8.65. The SMILES string of the molecule is CCC(F)(F)F.COc1ccc2c(c1)C(c1ccccc1)=NC(NC(=O)C(CCC(F)(F)F)CC(N)=O)C(=O)N2. The van der Waals surface area contributed by atoms with Gasteiger partial charge in [-0.25, -0.2) is 4.99 Å². The fourth-order valence-corrected chi connectivity index (χ4v) is 3.50. The minimum atomic E-state index is -4.52. The number of amides is 3. The summed E-state index contributed by atoms with van der Waals surface area (Å²) in [4.78, 5) is 41.4. The van der Waals surface area contributed by atoms with E-state index in [1.54, 1.807) is 48.5 Å². The fraction of sp³-hybridized carbons (Fsp3) is 0.385. The summed E-state index contributed by atoms with van der Waals surface area (Å²) in [5, 5.41) is 5.04. The van der Waals surface area contributed by atoms with Gasteiger partial charge in [-0.05, 0) is 24.6 Å². The molecule has 2 aromatic carbocycles. The second kappa shape index (κ2) is 13.8. The minimum absolute atomic E-state index is 0.361. The number of carbonyl (C=O) groups excluding carboxylic acids is 3. The van der Waals surface area contributed by atoms with Crippen LogP contribution in [0.2, 0.25) is 0 Å². The number of ether oxygens (including phenoxy) is 1. The van der Waals surface area contributed by atoms with Gasteiger partial charge in [0, 0.05) is 36.3 Å². The van der Waals surface area contributed by atoms with E-state index in [1.165, 1.54) is 7.11 Å². The third-order valence-corrected chi connectivity index (χ3v) is 5.57. The van der Waals surface area contributed by atoms with E-state index in [0.29, 0.717) is 28.3 Å². The molecule has 4 N–H and O–H groups in total. The summed E-state index contributed by atoms with van der Waals surface area (Å²) < 4.78 is 75.7. The van der Waals surface area contributed by atoms with Crippen molar-refractivity contribution in [1.29, 1.82) is 0 Å². The monoisotopic (exact) mass is 574 g/mol. The van der Waals surface area contributed by atoms with Gasteiger partial charge < -0.3 is 21.1 Å². The van der Waals surface area contributed by atoms with Crippen molar-refractivity contribution in [3.8, 4) is 5.75 Å². The number of hydrogen-bond donors (Lipinski definition) is 3. The van der Waals surface area contributed by atoms with Crippen LogP contribution in [0.5, 0.6) is 5.75 Å². The van der Waals surface area contributed by atoms with Gasteiger partial charge in [0.15, 0.2) is 0 Å². The molecule has 2 unspecified atom stereocenters. The highest BCUT2D eigenvalue weighted by molar-refractivity contribution is 6.20. The zero-order chi connectivity index (χ0) is 30.1. The number of rotatable bonds is 8. The molecular formula is C26H28F6N4O4. The molecule has 218 valence electrons. The van der Waals surface area contributed by atoms with Crippen LogP contribution in [0, 0.1) is 5.92 Å². The van der Waals surface area contributed by atoms with Gasteiger partial charge in [-0.15, -0.1) is 0 Å². The van der Waals surface area contributed by atoms with Crippen LogP contribution in [-0.4, -0.2) is 49.1 Å². The first kappa shape index (κ1) is 32.1. The van der Waals surface area contributed by atoms with Crippen molar-refractivity contribution in [3.63, 3.8) is 0 Å². The molecule has 2 atom stereocenters. The Bertz CT molecular complexity index is 1220. The van der Waals surface area contributed by atoms with Gasteiger partial charge >= 0.3 is 12.4 Å². The van der Waals surface area contributed by atoms with E-state index in [0.717, 1.165) is 6.92 Å². The first-order valence-electron chi connectivity index (χ1n) is 12.0. The third-order valence-electron chi connectivity index (χ3n) is 5.57. The van der Waals surface area contributed by atoms with Crippen LogP contribution in [0.4, 0.5) is 32.0 Å². The van der Waals surface area contributed by atoms with Gasteiger partial charge in [0.1, 0.15) is 5.75 Å². The first-order chi connectivity index (χ1) is 18.6. The maximum Gasteiger partial charge on any atom is 0.389 e. The summed E-state index contributed by atoms with van der Waals surface area (Å²) >= 11 is 0. The van der Waals surface area contributed by atoms with Crippen molar-refractivity contribution < 1.29 is 45.5 Å². The van der Waals surface area contributed by atoms with Crippen molar-refractivity contribution in [3.05, 3.63) is 59.7 Å². The van der Waals surface area contributed by atoms with Crippen molar-refractivity contribution in [2.24, 2.45) is 16.6 Å². The van der Waals surface area contributed by atoms with Crippen molar-refractivity contribution in [2.45, 2.75) is 51.1 Å². The lowest BCUT2D eigenvalue weighted by Gasteiger charge is -2.19. The number of halogens is 6. The number of nitrogens with one attached hydrogen (secondary N) is 2. The maximum atomic E-state index is 12.9. The first-order valence-corrected chi connectivity index (χ1v) is 12.0. The van der Waals surface area contributed by atoms with Crippen molar-refractivity contribution in [1.82, 2.24) is 5.32 Å². The highest BCUT2D eigenvalue weighted by Gasteiger charge is 2.34. The Morgan fingerprint density at radius 2 is 1.70 bits per heavy atom. The molecule has 0 bridgehead atoms. The molecule has 0 aromatic heterocycles. The minimum Gasteiger partial charge on any atom is -0.497 e. The number of benzene rings is 2. The zero-order valence-electron chi connectivity index (χ0n) is 21.5. The number of nitrogens with zero attached hydrogens (tertiary/aromatic N) is 1. The Hall–Kier alpha value is -4.10. The average Bonchev–Trinajstić information content (AvgIpc) is 3.01. The van der Waals surface area contributed by atoms with E-state index in [-0.39, 0.29) is 0 Å². The molecule has 1 aliphatic heterocycles. The van der Waals surface area contributed by atoms with Gasteiger partial charge in [-0.1, -0.05) is 37.3 Å². The van der Waals surface area contributed by atoms with E-state index in [1.807, 2.05) is 0 Å². The van der Waals surface area contributed by atoms with Crippen LogP contribution >= 0.6 is 0 Å². The Morgan fingerprint density at radius 3 is 2.23 bits per heavy atom. The largest absolute Gasteiger partial charge is 0.497 e. The van der Waals surface area contributed by atoms with E-state index < -0.39 is 67.8 Å². The zero-order valence-corrected chi connectivity index (χ0v) is 21.5. The van der Waals surface area contributed by atoms with E-state index in [2.05, 4.69) is 15.6 Å². The fourth-order valence-electron chi connectivity index (χ4n) is 3.50. The Balaban J connectivity index is 0.000000840. The summed E-state index contributed by atoms with van der Waals surface area (Å²) in [5.41, 5.74) is 7.06. The van der Waals surface area contributed by atoms with Crippen LogP contribution in [0.15, 0.2) is 53.5 Å². The topological polar surface area (TPSA) is 123 Å². The standard InChI is InChI=1S/C23H23F3N4O4.C3H5F3/c1-34-15-7-8-17-16(12-15)19(13-5-3-2-4-6-13)29-20(22(33)28-17)30-21(32)14(11-18(27)31)9-10-23(24,25)26;1-2-3(4,5)6/h2-8,12,14,20H,9-11H2,1H3,(H2,27,31)(H,28,33)(H,30,32);2H2,1H3. The molecule has 0 radical (unpaired) electrons. The van der Waals surface area contributed by atoms with E-state index in [9.17, 15) is 40.7 Å². The lowest BCUT2D eigenvalue weighted by molar-refractivity contribution is -0.143. The Kier molecular flexibility index (Phi) is 11.1. The molecule has 0 spiro atoms. The van der Waals surface area contributed by atoms with Crippen LogP contribution < -0.4 is 21.1 Å². The highest BCUT2D eigenvalue weighted by atomic mass is 19.4. The molecule has 3 amide bonds. The lowest BCUT2D eigenvalue weighted by atomic mass is 9.97. The highest BCUT2D eigenvalue weighted by Crippen LogP contribution is 2.29. The molecule has 8 nitrogen and oxygen atoms in total. The van der Waals surface area contributed by atoms with Crippen molar-refractivity contribution in [2.75, 3.05) is 12.4 Å². The molecular weight excluding hydrogens is 546 g/mol. The lowest BCUT2D eigenvalue weighted by Crippen LogP contribution is -2.45. The number of methoxy groups -OCH3 is 1. The molecule has 0 aliphatic carbocycles. The van der Waals surface area contributed by atoms with Gasteiger partial charge in [0.25, 0.3) is 5.91 Å². The number of benzodiazepines with no additional fused rings is 1. The smallest absolute Gasteiger partial charge is 0.389 e. The number of alkyl halides is 6. The molecule has 0 saturated heterocycles. The molecule has 1 heterocycles. The van der Waals surface area contributed by atoms with Crippen LogP contribution in [0.3, 0.4) is 0 Å². The average molecular weight is 575 g/mol. The Labute approximate surface area is 226 Å². The molecule has 0 fully saturated rings. The summed E-state index contributed by atoms with van der Waals surface area (Å²) in [6, 6.07) is 13.8. The maximum absolute atomic E-state index is 12.9. The quantitative estimate of drug-likeness (QED) is 0.395. The molecule has 3 rings (SSSR count). The van der Waals surface area contributed by atoms with Crippen LogP contribution in [-0.2, 0) is 14.4 Å². The van der Waals surface area contributed by atoms with Gasteiger partial charge in [-0.3, -0.25) is 14.4 Å². The number of hydrogen-bond acceptors (Lipinski definition) is 5. The van der Waals surface area contributed by atoms with Gasteiger partial charge in [0.05, 0.1) is 18.5 Å². The summed E-state index contributed by atoms with van der Waals surface area (Å²) in [6.07, 6.45) is -13.2. The molecule has 40 heavy (non-hydrogen) atoms. The summed E-state index contributed by atoms with van der Waals surface area (Å²) in [5.74, 6) is -3.41. The number of anilines is 1. The third kappa shape index (κ3) is 10.2. The predicted octanol–water partition coefficient (Wildman–Crippen LogP) is 4.72. The second-order valence-corrected chi connectivity index (χ2v) is 8.65. The van der Waals surface area contributed by atoms with Crippen LogP contribution in [0.25, 0.3) is 0 Å². The van der Waals surface area contributed by atoms with Gasteiger partial charge in [-0.2, -0.15) is 26.3 Å². The number of aliphatic imine (C=N–C) groups is 1. The summed E-state index contributed by atoms with van der Waals surface area (Å²) in [6.45, 7) is 1.08. The Morgan fingerprint density at radius 1 is 1.07 bits per heavy atom. The normalized spacial score (nSPS) is 15.8. The van der Waals surface area contributed by atoms with Gasteiger partial charge in [0.2, 0.25) is 18.0 Å². The molecule has 14 heteroatoms. The number of fused-ring (bicyclic) bond motifs is 1. The predicted molar refractivity (Wildman–Crippen MR) is 135 cm³/mol. The van der Waals surface area contributed by atoms with Crippen molar-refractivity contribution >= 4 is 29.1 Å². The number of carbonyl (C=O) groups is 3. The molecule has 1 aliphatic rings. The number of nitrogens with two attached hydrogens (primary N) is 1. The van der Waals surface area contributed by atoms with E-state index in [4.69, 9.17) is 10.5 Å². The van der Waals surface area contributed by atoms with E-state index >= 15 is 0 Å². The number of primary amides is 1.